The quantitative estimate of drug-likeness (QED) is 0.357. The van der Waals surface area contributed by atoms with Gasteiger partial charge in [0.2, 0.25) is 0 Å². The average Bonchev–Trinajstić information content (AvgIpc) is 3.20. The van der Waals surface area contributed by atoms with Gasteiger partial charge in [0, 0.05) is 16.2 Å². The molecule has 0 radical (unpaired) electrons. The molecule has 0 bridgehead atoms. The van der Waals surface area contributed by atoms with Gasteiger partial charge < -0.3 is 0 Å². The third kappa shape index (κ3) is 4.68. The Morgan fingerprint density at radius 2 is 1.94 bits per heavy atom. The Labute approximate surface area is 192 Å². The molecule has 0 atom stereocenters. The van der Waals surface area contributed by atoms with Crippen LogP contribution >= 0.6 is 27.3 Å². The highest BCUT2D eigenvalue weighted by molar-refractivity contribution is 9.10. The minimum absolute atomic E-state index is 0.0327. The molecule has 6 nitrogen and oxygen atoms in total. The third-order valence-electron chi connectivity index (χ3n) is 4.68. The average molecular weight is 516 g/mol. The molecule has 0 aliphatic carbocycles. The van der Waals surface area contributed by atoms with Crippen molar-refractivity contribution < 1.29 is 13.2 Å². The monoisotopic (exact) mass is 515 g/mol. The number of sulfone groups is 1. The van der Waals surface area contributed by atoms with Crippen LogP contribution < -0.4 is 4.90 Å². The number of carbonyl (C=O) groups excluding carboxylic acids is 1. The zero-order valence-corrected chi connectivity index (χ0v) is 19.7. The molecule has 31 heavy (non-hydrogen) atoms. The Morgan fingerprint density at radius 1 is 1.10 bits per heavy atom. The van der Waals surface area contributed by atoms with Gasteiger partial charge in [0.15, 0.2) is 15.0 Å². The molecule has 4 aromatic rings. The van der Waals surface area contributed by atoms with E-state index in [2.05, 4.69) is 25.9 Å². The summed E-state index contributed by atoms with van der Waals surface area (Å²) in [7, 11) is -3.43. The fourth-order valence-corrected chi connectivity index (χ4v) is 5.47. The van der Waals surface area contributed by atoms with Crippen LogP contribution in [0.5, 0.6) is 0 Å². The van der Waals surface area contributed by atoms with E-state index >= 15 is 0 Å². The van der Waals surface area contributed by atoms with Crippen LogP contribution in [0.3, 0.4) is 0 Å². The van der Waals surface area contributed by atoms with Crippen LogP contribution in [-0.2, 0) is 16.4 Å². The minimum atomic E-state index is -3.43. The number of thiazole rings is 1. The van der Waals surface area contributed by atoms with E-state index in [-0.39, 0.29) is 28.7 Å². The summed E-state index contributed by atoms with van der Waals surface area (Å²) in [5.74, 6) is -0.369. The predicted molar refractivity (Wildman–Crippen MR) is 126 cm³/mol. The number of nitrogens with zero attached hydrogens (tertiary/aromatic N) is 3. The number of pyridine rings is 1. The van der Waals surface area contributed by atoms with Gasteiger partial charge in [-0.3, -0.25) is 14.7 Å². The summed E-state index contributed by atoms with van der Waals surface area (Å²) in [6.45, 7) is 1.79. The van der Waals surface area contributed by atoms with Crippen LogP contribution in [0, 0.1) is 0 Å². The number of carbonyl (C=O) groups is 1. The molecule has 0 saturated carbocycles. The molecule has 4 rings (SSSR count). The lowest BCUT2D eigenvalue weighted by molar-refractivity contribution is 0.0984. The SMILES string of the molecule is CCS(=O)(=O)c1cccc(C(=O)N(Cc2ccccn2)c2nc3ccc(Br)cc3s2)c1. The lowest BCUT2D eigenvalue weighted by Crippen LogP contribution is -2.30. The zero-order valence-electron chi connectivity index (χ0n) is 16.5. The number of rotatable bonds is 6. The second-order valence-electron chi connectivity index (χ2n) is 6.75. The summed E-state index contributed by atoms with van der Waals surface area (Å²) >= 11 is 4.86. The predicted octanol–water partition coefficient (Wildman–Crippen LogP) is 5.09. The summed E-state index contributed by atoms with van der Waals surface area (Å²) < 4.78 is 26.5. The molecule has 0 aliphatic heterocycles. The summed E-state index contributed by atoms with van der Waals surface area (Å²) in [4.78, 5) is 24.2. The highest BCUT2D eigenvalue weighted by Crippen LogP contribution is 2.32. The lowest BCUT2D eigenvalue weighted by Gasteiger charge is -2.20. The molecular formula is C22H18BrN3O3S2. The van der Waals surface area contributed by atoms with Gasteiger partial charge in [-0.1, -0.05) is 46.3 Å². The molecule has 9 heteroatoms. The molecule has 0 fully saturated rings. The molecule has 2 aromatic heterocycles. The molecular weight excluding hydrogens is 498 g/mol. The maximum Gasteiger partial charge on any atom is 0.260 e. The van der Waals surface area contributed by atoms with Gasteiger partial charge in [0.25, 0.3) is 5.91 Å². The smallest absolute Gasteiger partial charge is 0.260 e. The van der Waals surface area contributed by atoms with Crippen LogP contribution in [0.15, 0.2) is 76.2 Å². The molecule has 1 amide bonds. The summed E-state index contributed by atoms with van der Waals surface area (Å²) in [6, 6.07) is 17.4. The number of hydrogen-bond donors (Lipinski definition) is 0. The molecule has 0 spiro atoms. The summed E-state index contributed by atoms with van der Waals surface area (Å²) in [5, 5.41) is 0.521. The van der Waals surface area contributed by atoms with Gasteiger partial charge in [-0.15, -0.1) is 0 Å². The Kier molecular flexibility index (Phi) is 6.17. The molecule has 158 valence electrons. The molecule has 2 heterocycles. The number of fused-ring (bicyclic) bond motifs is 1. The van der Waals surface area contributed by atoms with Crippen molar-refractivity contribution in [3.8, 4) is 0 Å². The van der Waals surface area contributed by atoms with Crippen LogP contribution in [0.25, 0.3) is 10.2 Å². The molecule has 0 N–H and O–H groups in total. The maximum atomic E-state index is 13.5. The number of hydrogen-bond acceptors (Lipinski definition) is 6. The van der Waals surface area contributed by atoms with E-state index in [0.717, 1.165) is 14.7 Å². The minimum Gasteiger partial charge on any atom is -0.278 e. The molecule has 0 saturated heterocycles. The van der Waals surface area contributed by atoms with Crippen molar-refractivity contribution in [3.63, 3.8) is 0 Å². The van der Waals surface area contributed by atoms with Crippen molar-refractivity contribution in [2.75, 3.05) is 10.7 Å². The van der Waals surface area contributed by atoms with E-state index in [9.17, 15) is 13.2 Å². The van der Waals surface area contributed by atoms with Crippen molar-refractivity contribution in [3.05, 3.63) is 82.6 Å². The summed E-state index contributed by atoms with van der Waals surface area (Å²) in [5.41, 5.74) is 1.77. The first-order valence-electron chi connectivity index (χ1n) is 9.48. The van der Waals surface area contributed by atoms with Gasteiger partial charge in [0.1, 0.15) is 0 Å². The topological polar surface area (TPSA) is 80.2 Å². The lowest BCUT2D eigenvalue weighted by atomic mass is 10.2. The van der Waals surface area contributed by atoms with E-state index in [1.165, 1.54) is 23.5 Å². The standard InChI is InChI=1S/C22H18BrN3O3S2/c1-2-31(28,29)18-8-5-6-15(12-18)21(27)26(14-17-7-3-4-11-24-17)22-25-19-10-9-16(23)13-20(19)30-22/h3-13H,2,14H2,1H3. The first-order chi connectivity index (χ1) is 14.9. The highest BCUT2D eigenvalue weighted by Gasteiger charge is 2.24. The number of benzene rings is 2. The Morgan fingerprint density at radius 3 is 2.68 bits per heavy atom. The van der Waals surface area contributed by atoms with E-state index < -0.39 is 9.84 Å². The third-order valence-corrected chi connectivity index (χ3v) is 7.95. The molecule has 0 unspecified atom stereocenters. The maximum absolute atomic E-state index is 13.5. The van der Waals surface area contributed by atoms with Crippen molar-refractivity contribution in [1.82, 2.24) is 9.97 Å². The largest absolute Gasteiger partial charge is 0.278 e. The van der Waals surface area contributed by atoms with Gasteiger partial charge in [-0.2, -0.15) is 0 Å². The van der Waals surface area contributed by atoms with E-state index in [1.54, 1.807) is 30.2 Å². The van der Waals surface area contributed by atoms with Crippen LogP contribution in [0.2, 0.25) is 0 Å². The highest BCUT2D eigenvalue weighted by atomic mass is 79.9. The van der Waals surface area contributed by atoms with Gasteiger partial charge in [-0.05, 0) is 48.5 Å². The first kappa shape index (κ1) is 21.6. The number of anilines is 1. The fourth-order valence-electron chi connectivity index (χ4n) is 3.03. The van der Waals surface area contributed by atoms with E-state index in [4.69, 9.17) is 0 Å². The number of aromatic nitrogens is 2. The zero-order chi connectivity index (χ0) is 22.0. The Balaban J connectivity index is 1.78. The molecule has 2 aromatic carbocycles. The van der Waals surface area contributed by atoms with Gasteiger partial charge in [-0.25, -0.2) is 13.4 Å². The Bertz CT molecular complexity index is 1350. The van der Waals surface area contributed by atoms with Crippen LogP contribution in [-0.4, -0.2) is 30.0 Å². The van der Waals surface area contributed by atoms with Crippen molar-refractivity contribution in [1.29, 1.82) is 0 Å². The number of amides is 1. The fraction of sp³-hybridized carbons (Fsp3) is 0.136. The van der Waals surface area contributed by atoms with Crippen molar-refractivity contribution in [2.45, 2.75) is 18.4 Å². The second kappa shape index (κ2) is 8.86. The van der Waals surface area contributed by atoms with Crippen LogP contribution in [0.1, 0.15) is 23.0 Å². The Hall–Kier alpha value is -2.62. The van der Waals surface area contributed by atoms with Crippen LogP contribution in [0.4, 0.5) is 5.13 Å². The van der Waals surface area contributed by atoms with E-state index in [1.807, 2.05) is 36.4 Å². The van der Waals surface area contributed by atoms with E-state index in [0.29, 0.717) is 10.8 Å². The van der Waals surface area contributed by atoms with Gasteiger partial charge in [0.05, 0.1) is 33.1 Å². The van der Waals surface area contributed by atoms with Gasteiger partial charge >= 0.3 is 0 Å². The van der Waals surface area contributed by atoms with Crippen molar-refractivity contribution >= 4 is 58.4 Å². The van der Waals surface area contributed by atoms with Crippen molar-refractivity contribution in [2.24, 2.45) is 0 Å². The second-order valence-corrected chi connectivity index (χ2v) is 11.0. The normalized spacial score (nSPS) is 11.5. The molecule has 0 aliphatic rings. The first-order valence-corrected chi connectivity index (χ1v) is 12.7. The number of halogens is 1. The summed E-state index contributed by atoms with van der Waals surface area (Å²) in [6.07, 6.45) is 1.67.